The molecule has 0 spiro atoms. The van der Waals surface area contributed by atoms with Gasteiger partial charge in [-0.25, -0.2) is 4.99 Å². The van der Waals surface area contributed by atoms with E-state index in [0.717, 1.165) is 37.9 Å². The molecular weight excluding hydrogens is 438 g/mol. The maximum atomic E-state index is 12.8. The molecule has 1 aliphatic rings. The fourth-order valence-electron chi connectivity index (χ4n) is 3.53. The summed E-state index contributed by atoms with van der Waals surface area (Å²) >= 11 is 8.17. The molecule has 0 fully saturated rings. The molecule has 1 aromatic heterocycles. The number of nitrogens with zero attached hydrogens (tertiary/aromatic N) is 2. The molecule has 4 nitrogen and oxygen atoms in total. The highest BCUT2D eigenvalue weighted by atomic mass is 35.5. The Morgan fingerprint density at radius 1 is 0.875 bits per heavy atom. The van der Waals surface area contributed by atoms with E-state index in [2.05, 4.69) is 22.4 Å². The minimum Gasteiger partial charge on any atom is -0.348 e. The lowest BCUT2D eigenvalue weighted by molar-refractivity contribution is 0.0951. The van der Waals surface area contributed by atoms with Gasteiger partial charge >= 0.3 is 0 Å². The van der Waals surface area contributed by atoms with Gasteiger partial charge in [0.1, 0.15) is 0 Å². The number of rotatable bonds is 4. The van der Waals surface area contributed by atoms with E-state index >= 15 is 0 Å². The molecule has 0 bridgehead atoms. The third kappa shape index (κ3) is 4.17. The minimum absolute atomic E-state index is 0.147. The van der Waals surface area contributed by atoms with E-state index in [1.807, 2.05) is 66.7 Å². The molecule has 32 heavy (non-hydrogen) atoms. The van der Waals surface area contributed by atoms with Crippen molar-refractivity contribution < 1.29 is 4.79 Å². The minimum atomic E-state index is -0.147. The Labute approximate surface area is 195 Å². The normalized spacial score (nSPS) is 12.2. The number of hydrogen-bond donors (Lipinski definition) is 1. The monoisotopic (exact) mass is 455 g/mol. The summed E-state index contributed by atoms with van der Waals surface area (Å²) in [6, 6.07) is 25.2. The first-order valence-corrected chi connectivity index (χ1v) is 11.3. The van der Waals surface area contributed by atoms with Crippen LogP contribution in [-0.2, 0) is 6.54 Å². The van der Waals surface area contributed by atoms with E-state index in [-0.39, 0.29) is 5.91 Å². The van der Waals surface area contributed by atoms with E-state index in [1.54, 1.807) is 24.2 Å². The smallest absolute Gasteiger partial charge is 0.251 e. The number of benzene rings is 3. The number of fused-ring (bicyclic) bond motifs is 2. The fraction of sp³-hybridized carbons (Fsp3) is 0.0385. The molecule has 4 aromatic rings. The number of hydrogen-bond acceptors (Lipinski definition) is 4. The topological polar surface area (TPSA) is 54.4 Å². The zero-order chi connectivity index (χ0) is 21.9. The van der Waals surface area contributed by atoms with Gasteiger partial charge in [-0.3, -0.25) is 9.78 Å². The first-order chi connectivity index (χ1) is 15.7. The van der Waals surface area contributed by atoms with Crippen LogP contribution in [0.4, 0.5) is 5.69 Å². The molecule has 0 saturated heterocycles. The summed E-state index contributed by atoms with van der Waals surface area (Å²) in [5.41, 5.74) is 4.98. The van der Waals surface area contributed by atoms with Gasteiger partial charge in [-0.15, -0.1) is 0 Å². The molecule has 1 aliphatic heterocycles. The maximum Gasteiger partial charge on any atom is 0.251 e. The Balaban J connectivity index is 1.53. The molecule has 1 amide bonds. The lowest BCUT2D eigenvalue weighted by Gasteiger charge is -2.10. The highest BCUT2D eigenvalue weighted by Gasteiger charge is 2.21. The van der Waals surface area contributed by atoms with Crippen LogP contribution in [-0.4, -0.2) is 16.6 Å². The number of halogens is 1. The van der Waals surface area contributed by atoms with Gasteiger partial charge in [0.15, 0.2) is 0 Å². The zero-order valence-electron chi connectivity index (χ0n) is 17.0. The zero-order valence-corrected chi connectivity index (χ0v) is 18.5. The van der Waals surface area contributed by atoms with Crippen LogP contribution in [0, 0.1) is 0 Å². The van der Waals surface area contributed by atoms with Crippen LogP contribution < -0.4 is 5.32 Å². The van der Waals surface area contributed by atoms with Crippen LogP contribution in [0.25, 0.3) is 0 Å². The predicted octanol–water partition coefficient (Wildman–Crippen LogP) is 6.30. The van der Waals surface area contributed by atoms with Crippen molar-refractivity contribution in [2.24, 2.45) is 4.99 Å². The number of aromatic nitrogens is 1. The van der Waals surface area contributed by atoms with Gasteiger partial charge in [0.25, 0.3) is 5.91 Å². The Bertz CT molecular complexity index is 1340. The summed E-state index contributed by atoms with van der Waals surface area (Å²) < 4.78 is 0. The molecule has 0 saturated carbocycles. The van der Waals surface area contributed by atoms with Crippen LogP contribution in [0.15, 0.2) is 106 Å². The maximum absolute atomic E-state index is 12.8. The van der Waals surface area contributed by atoms with E-state index in [0.29, 0.717) is 17.1 Å². The summed E-state index contributed by atoms with van der Waals surface area (Å²) in [6.07, 6.45) is 3.42. The van der Waals surface area contributed by atoms with Crippen molar-refractivity contribution in [1.82, 2.24) is 10.3 Å². The van der Waals surface area contributed by atoms with Gasteiger partial charge in [-0.2, -0.15) is 0 Å². The van der Waals surface area contributed by atoms with Gasteiger partial charge in [0.05, 0.1) is 11.4 Å². The summed E-state index contributed by atoms with van der Waals surface area (Å²) in [6.45, 7) is 0.437. The van der Waals surface area contributed by atoms with Crippen LogP contribution in [0.3, 0.4) is 0 Å². The Morgan fingerprint density at radius 2 is 1.62 bits per heavy atom. The fourth-order valence-corrected chi connectivity index (χ4v) is 4.75. The second kappa shape index (κ2) is 8.99. The summed E-state index contributed by atoms with van der Waals surface area (Å²) in [7, 11) is 0. The van der Waals surface area contributed by atoms with Crippen molar-refractivity contribution in [3.05, 3.63) is 119 Å². The van der Waals surface area contributed by atoms with Crippen molar-refractivity contribution in [1.29, 1.82) is 0 Å². The Hall–Kier alpha value is -3.41. The molecule has 0 atom stereocenters. The Morgan fingerprint density at radius 3 is 2.44 bits per heavy atom. The average molecular weight is 456 g/mol. The van der Waals surface area contributed by atoms with Crippen molar-refractivity contribution in [2.45, 2.75) is 16.3 Å². The molecule has 0 unspecified atom stereocenters. The van der Waals surface area contributed by atoms with Gasteiger partial charge < -0.3 is 5.32 Å². The number of pyridine rings is 1. The van der Waals surface area contributed by atoms with E-state index in [9.17, 15) is 4.79 Å². The first kappa shape index (κ1) is 20.5. The molecule has 0 radical (unpaired) electrons. The first-order valence-electron chi connectivity index (χ1n) is 10.1. The molecule has 5 rings (SSSR count). The summed E-state index contributed by atoms with van der Waals surface area (Å²) in [5, 5.41) is 3.60. The predicted molar refractivity (Wildman–Crippen MR) is 129 cm³/mol. The van der Waals surface area contributed by atoms with Crippen molar-refractivity contribution >= 4 is 40.7 Å². The number of nitrogens with one attached hydrogen (secondary N) is 1. The SMILES string of the molecule is O=C(NCc1ccncc1)c1ccc2c(c1)N=C(c1ccccc1Cl)c1ccccc1S2. The van der Waals surface area contributed by atoms with E-state index in [4.69, 9.17) is 16.6 Å². The molecule has 1 N–H and O–H groups in total. The second-order valence-electron chi connectivity index (χ2n) is 7.26. The molecule has 156 valence electrons. The van der Waals surface area contributed by atoms with Crippen LogP contribution in [0.2, 0.25) is 5.02 Å². The van der Waals surface area contributed by atoms with Gasteiger partial charge in [-0.05, 0) is 48.0 Å². The number of amides is 1. The van der Waals surface area contributed by atoms with Crippen molar-refractivity contribution in [2.75, 3.05) is 0 Å². The highest BCUT2D eigenvalue weighted by molar-refractivity contribution is 7.99. The summed E-state index contributed by atoms with van der Waals surface area (Å²) in [4.78, 5) is 23.9. The molecule has 3 aromatic carbocycles. The second-order valence-corrected chi connectivity index (χ2v) is 8.75. The van der Waals surface area contributed by atoms with Gasteiger partial charge in [0, 0.05) is 50.4 Å². The number of carbonyl (C=O) groups excluding carboxylic acids is 1. The largest absolute Gasteiger partial charge is 0.348 e. The average Bonchev–Trinajstić information content (AvgIpc) is 3.00. The standard InChI is InChI=1S/C26H18ClN3OS/c27-21-7-3-1-5-19(21)25-20-6-2-4-8-23(20)32-24-10-9-18(15-22(24)30-25)26(31)29-16-17-11-13-28-14-12-17/h1-15H,16H2,(H,29,31). The third-order valence-corrected chi connectivity index (χ3v) is 6.62. The molecule has 2 heterocycles. The van der Waals surface area contributed by atoms with Crippen molar-refractivity contribution in [3.63, 3.8) is 0 Å². The van der Waals surface area contributed by atoms with Gasteiger partial charge in [0.2, 0.25) is 0 Å². The lowest BCUT2D eigenvalue weighted by atomic mass is 10.0. The Kier molecular flexibility index (Phi) is 5.75. The third-order valence-electron chi connectivity index (χ3n) is 5.15. The number of carbonyl (C=O) groups is 1. The van der Waals surface area contributed by atoms with E-state index < -0.39 is 0 Å². The quantitative estimate of drug-likeness (QED) is 0.346. The van der Waals surface area contributed by atoms with Crippen LogP contribution in [0.5, 0.6) is 0 Å². The van der Waals surface area contributed by atoms with Crippen LogP contribution >= 0.6 is 23.4 Å². The van der Waals surface area contributed by atoms with Gasteiger partial charge in [-0.1, -0.05) is 59.8 Å². The molecule has 6 heteroatoms. The highest BCUT2D eigenvalue weighted by Crippen LogP contribution is 2.42. The van der Waals surface area contributed by atoms with Crippen LogP contribution in [0.1, 0.15) is 27.0 Å². The lowest BCUT2D eigenvalue weighted by Crippen LogP contribution is -2.22. The number of aliphatic imine (C=N–C) groups is 1. The molecule has 0 aliphatic carbocycles. The van der Waals surface area contributed by atoms with Crippen molar-refractivity contribution in [3.8, 4) is 0 Å². The molecular formula is C26H18ClN3OS. The van der Waals surface area contributed by atoms with E-state index in [1.165, 1.54) is 0 Å². The summed E-state index contributed by atoms with van der Waals surface area (Å²) in [5.74, 6) is -0.147.